The highest BCUT2D eigenvalue weighted by atomic mass is 35.5. The lowest BCUT2D eigenvalue weighted by molar-refractivity contribution is 0.606. The highest BCUT2D eigenvalue weighted by molar-refractivity contribution is 7.92. The monoisotopic (exact) mass is 477 g/mol. The number of aromatic nitrogens is 3. The maximum Gasteiger partial charge on any atom is 0.229 e. The number of halogens is 3. The lowest BCUT2D eigenvalue weighted by Crippen LogP contribution is -2.10. The Morgan fingerprint density at radius 3 is 2.55 bits per heavy atom. The number of nitrogens with one attached hydrogen (secondary N) is 2. The van der Waals surface area contributed by atoms with E-state index in [1.165, 1.54) is 18.3 Å². The summed E-state index contributed by atoms with van der Waals surface area (Å²) in [7, 11) is -3.53. The first-order valence-corrected chi connectivity index (χ1v) is 11.5. The molecule has 0 aliphatic carbocycles. The van der Waals surface area contributed by atoms with Crippen LogP contribution >= 0.6 is 23.2 Å². The largest absolute Gasteiger partial charge is 0.354 e. The van der Waals surface area contributed by atoms with E-state index < -0.39 is 15.8 Å². The second kappa shape index (κ2) is 8.26. The fraction of sp³-hybridized carbons (Fsp3) is 0.0500. The van der Waals surface area contributed by atoms with E-state index in [0.29, 0.717) is 33.7 Å². The number of hydrogen-bond acceptors (Lipinski definition) is 6. The van der Waals surface area contributed by atoms with Crippen molar-refractivity contribution in [1.29, 1.82) is 0 Å². The van der Waals surface area contributed by atoms with Crippen LogP contribution in [0, 0.1) is 5.82 Å². The number of hydrogen-bond donors (Lipinski definition) is 2. The smallest absolute Gasteiger partial charge is 0.229 e. The van der Waals surface area contributed by atoms with Crippen LogP contribution in [0.15, 0.2) is 54.9 Å². The number of pyridine rings is 3. The summed E-state index contributed by atoms with van der Waals surface area (Å²) in [5.74, 6) is -0.513. The van der Waals surface area contributed by atoms with Crippen molar-refractivity contribution in [2.45, 2.75) is 0 Å². The zero-order valence-corrected chi connectivity index (χ0v) is 18.2. The van der Waals surface area contributed by atoms with Gasteiger partial charge in [-0.3, -0.25) is 9.71 Å². The van der Waals surface area contributed by atoms with Crippen molar-refractivity contribution in [3.05, 3.63) is 70.9 Å². The van der Waals surface area contributed by atoms with E-state index in [0.717, 1.165) is 6.26 Å². The lowest BCUT2D eigenvalue weighted by Gasteiger charge is -2.11. The summed E-state index contributed by atoms with van der Waals surface area (Å²) in [6.07, 6.45) is 4.14. The van der Waals surface area contributed by atoms with Crippen molar-refractivity contribution in [1.82, 2.24) is 15.0 Å². The van der Waals surface area contributed by atoms with Gasteiger partial charge in [-0.2, -0.15) is 0 Å². The second-order valence-electron chi connectivity index (χ2n) is 6.61. The van der Waals surface area contributed by atoms with Crippen molar-refractivity contribution < 1.29 is 12.8 Å². The Morgan fingerprint density at radius 1 is 1.00 bits per heavy atom. The second-order valence-corrected chi connectivity index (χ2v) is 9.13. The van der Waals surface area contributed by atoms with Gasteiger partial charge in [-0.15, -0.1) is 0 Å². The molecule has 4 aromatic rings. The molecule has 1 aromatic carbocycles. The topological polar surface area (TPSA) is 96.9 Å². The van der Waals surface area contributed by atoms with Crippen molar-refractivity contribution in [3.8, 4) is 11.3 Å². The molecule has 0 saturated heterocycles. The van der Waals surface area contributed by atoms with Crippen LogP contribution in [0.3, 0.4) is 0 Å². The van der Waals surface area contributed by atoms with Gasteiger partial charge >= 0.3 is 0 Å². The summed E-state index contributed by atoms with van der Waals surface area (Å²) in [5, 5.41) is 3.18. The molecule has 0 atom stereocenters. The minimum absolute atomic E-state index is 0.00449. The standard InChI is InChI=1S/C20H14Cl2FN5O2S/c1-31(29,30)28-18-8-11(10-25-20(18)22)15-4-5-16-19(27-15)17(6-7-24-16)26-12-2-3-14(23)13(21)9-12/h2-10,28H,1H3,(H,24,26). The summed E-state index contributed by atoms with van der Waals surface area (Å²) >= 11 is 11.9. The van der Waals surface area contributed by atoms with Crippen molar-refractivity contribution in [2.24, 2.45) is 0 Å². The maximum atomic E-state index is 13.5. The fourth-order valence-corrected chi connectivity index (χ4v) is 3.82. The molecule has 0 aliphatic rings. The van der Waals surface area contributed by atoms with Crippen LogP contribution in [0.5, 0.6) is 0 Å². The Balaban J connectivity index is 1.76. The maximum absolute atomic E-state index is 13.5. The Labute approximate surface area is 187 Å². The van der Waals surface area contributed by atoms with E-state index in [1.54, 1.807) is 36.5 Å². The number of sulfonamides is 1. The van der Waals surface area contributed by atoms with Gasteiger partial charge in [0.25, 0.3) is 0 Å². The molecule has 7 nitrogen and oxygen atoms in total. The molecular formula is C20H14Cl2FN5O2S. The first-order valence-electron chi connectivity index (χ1n) is 8.81. The Kier molecular flexibility index (Phi) is 5.65. The third-order valence-corrected chi connectivity index (χ3v) is 5.39. The predicted octanol–water partition coefficient (Wildman–Crippen LogP) is 5.25. The Hall–Kier alpha value is -3.01. The molecule has 3 aromatic heterocycles. The van der Waals surface area contributed by atoms with Crippen molar-refractivity contribution in [2.75, 3.05) is 16.3 Å². The van der Waals surface area contributed by atoms with E-state index in [4.69, 9.17) is 23.2 Å². The van der Waals surface area contributed by atoms with Gasteiger partial charge in [0, 0.05) is 23.6 Å². The van der Waals surface area contributed by atoms with Gasteiger partial charge in [-0.1, -0.05) is 23.2 Å². The van der Waals surface area contributed by atoms with Crippen LogP contribution in [-0.2, 0) is 10.0 Å². The predicted molar refractivity (Wildman–Crippen MR) is 121 cm³/mol. The summed E-state index contributed by atoms with van der Waals surface area (Å²) in [5.41, 5.74) is 3.61. The number of nitrogens with zero attached hydrogens (tertiary/aromatic N) is 3. The molecule has 11 heteroatoms. The zero-order chi connectivity index (χ0) is 22.2. The molecule has 31 heavy (non-hydrogen) atoms. The van der Waals surface area contributed by atoms with Crippen LogP contribution < -0.4 is 10.0 Å². The minimum atomic E-state index is -3.53. The highest BCUT2D eigenvalue weighted by Crippen LogP contribution is 2.30. The average Bonchev–Trinajstić information content (AvgIpc) is 2.71. The van der Waals surface area contributed by atoms with Crippen LogP contribution in [0.25, 0.3) is 22.3 Å². The van der Waals surface area contributed by atoms with Gasteiger partial charge in [-0.05, 0) is 42.5 Å². The molecule has 0 bridgehead atoms. The van der Waals surface area contributed by atoms with Gasteiger partial charge in [0.15, 0.2) is 5.15 Å². The molecule has 0 aliphatic heterocycles. The summed E-state index contributed by atoms with van der Waals surface area (Å²) in [6, 6.07) is 11.1. The first kappa shape index (κ1) is 21.2. The average molecular weight is 478 g/mol. The Morgan fingerprint density at radius 2 is 1.81 bits per heavy atom. The minimum Gasteiger partial charge on any atom is -0.354 e. The summed E-state index contributed by atoms with van der Waals surface area (Å²) in [6.45, 7) is 0. The zero-order valence-electron chi connectivity index (χ0n) is 15.9. The van der Waals surface area contributed by atoms with Gasteiger partial charge < -0.3 is 5.32 Å². The number of benzene rings is 1. The molecular weight excluding hydrogens is 464 g/mol. The van der Waals surface area contributed by atoms with Gasteiger partial charge in [-0.25, -0.2) is 22.8 Å². The highest BCUT2D eigenvalue weighted by Gasteiger charge is 2.12. The van der Waals surface area contributed by atoms with E-state index in [-0.39, 0.29) is 15.9 Å². The molecule has 158 valence electrons. The molecule has 0 spiro atoms. The third kappa shape index (κ3) is 4.84. The molecule has 0 radical (unpaired) electrons. The quantitative estimate of drug-likeness (QED) is 0.380. The lowest BCUT2D eigenvalue weighted by atomic mass is 10.1. The summed E-state index contributed by atoms with van der Waals surface area (Å²) in [4.78, 5) is 13.0. The van der Waals surface area contributed by atoms with Gasteiger partial charge in [0.2, 0.25) is 10.0 Å². The summed E-state index contributed by atoms with van der Waals surface area (Å²) < 4.78 is 38.9. The molecule has 4 rings (SSSR count). The number of rotatable bonds is 5. The van der Waals surface area contributed by atoms with Gasteiger partial charge in [0.05, 0.1) is 33.9 Å². The van der Waals surface area contributed by atoms with Crippen LogP contribution in [-0.4, -0.2) is 29.6 Å². The molecule has 2 N–H and O–H groups in total. The number of fused-ring (bicyclic) bond motifs is 1. The fourth-order valence-electron chi connectivity index (χ4n) is 2.88. The molecule has 3 heterocycles. The van der Waals surface area contributed by atoms with E-state index in [1.807, 2.05) is 0 Å². The molecule has 0 amide bonds. The normalized spacial score (nSPS) is 11.5. The molecule has 0 unspecified atom stereocenters. The Bertz CT molecular complexity index is 1420. The van der Waals surface area contributed by atoms with Crippen LogP contribution in [0.4, 0.5) is 21.5 Å². The van der Waals surface area contributed by atoms with Crippen LogP contribution in [0.1, 0.15) is 0 Å². The van der Waals surface area contributed by atoms with Crippen LogP contribution in [0.2, 0.25) is 10.2 Å². The SMILES string of the molecule is CS(=O)(=O)Nc1cc(-c2ccc3nccc(Nc4ccc(F)c(Cl)c4)c3n2)cnc1Cl. The first-order chi connectivity index (χ1) is 14.7. The van der Waals surface area contributed by atoms with Crippen molar-refractivity contribution >= 4 is 61.3 Å². The molecule has 0 saturated carbocycles. The van der Waals surface area contributed by atoms with Crippen molar-refractivity contribution in [3.63, 3.8) is 0 Å². The van der Waals surface area contributed by atoms with Gasteiger partial charge in [0.1, 0.15) is 11.3 Å². The van der Waals surface area contributed by atoms with E-state index in [9.17, 15) is 12.8 Å². The van der Waals surface area contributed by atoms with E-state index in [2.05, 4.69) is 25.0 Å². The van der Waals surface area contributed by atoms with E-state index >= 15 is 0 Å². The molecule has 0 fully saturated rings. The number of anilines is 3. The third-order valence-electron chi connectivity index (χ3n) is 4.21.